The molecule has 0 aromatic heterocycles. The maximum Gasteiger partial charge on any atom is 0.307 e. The number of carbonyl (C=O) groups is 1. The highest BCUT2D eigenvalue weighted by atomic mass is 32.2. The largest absolute Gasteiger partial charge is 0.481 e. The molecule has 0 saturated carbocycles. The lowest BCUT2D eigenvalue weighted by Gasteiger charge is -2.35. The number of thioether (sulfide) groups is 1. The number of carboxylic acids is 1. The maximum atomic E-state index is 12.5. The monoisotopic (exact) mass is 324 g/mol. The Kier molecular flexibility index (Phi) is 6.77. The molecule has 20 heavy (non-hydrogen) atoms. The number of hydrogen-bond donors (Lipinski definition) is 1. The molecular weight excluding hydrogens is 300 g/mol. The molecule has 1 aliphatic rings. The second-order valence-corrected chi connectivity index (χ2v) is 8.16. The van der Waals surface area contributed by atoms with Crippen LogP contribution in [0.2, 0.25) is 0 Å². The molecule has 1 saturated heterocycles. The molecule has 0 bridgehead atoms. The Morgan fingerprint density at radius 3 is 2.75 bits per heavy atom. The van der Waals surface area contributed by atoms with Crippen LogP contribution in [0.5, 0.6) is 0 Å². The Hall–Kier alpha value is -0.310. The third-order valence-electron chi connectivity index (χ3n) is 3.78. The van der Waals surface area contributed by atoms with Gasteiger partial charge in [-0.25, -0.2) is 0 Å². The van der Waals surface area contributed by atoms with Crippen molar-refractivity contribution in [3.8, 4) is 0 Å². The molecule has 1 rings (SSSR count). The van der Waals surface area contributed by atoms with Gasteiger partial charge in [0.05, 0.1) is 5.92 Å². The SMILES string of the molecule is CSCCC(C)N(C)S(=O)(=O)N1CCCC(C(=O)O)C1. The fourth-order valence-electron chi connectivity index (χ4n) is 2.23. The zero-order chi connectivity index (χ0) is 15.3. The molecule has 0 aliphatic carbocycles. The van der Waals surface area contributed by atoms with Crippen molar-refractivity contribution in [2.45, 2.75) is 32.2 Å². The van der Waals surface area contributed by atoms with Gasteiger partial charge in [-0.15, -0.1) is 0 Å². The van der Waals surface area contributed by atoms with E-state index in [2.05, 4.69) is 0 Å². The molecule has 0 spiro atoms. The number of nitrogens with zero attached hydrogens (tertiary/aromatic N) is 2. The molecule has 1 aliphatic heterocycles. The van der Waals surface area contributed by atoms with Crippen LogP contribution in [0, 0.1) is 5.92 Å². The van der Waals surface area contributed by atoms with Gasteiger partial charge in [0.15, 0.2) is 0 Å². The molecule has 6 nitrogen and oxygen atoms in total. The van der Waals surface area contributed by atoms with Crippen molar-refractivity contribution in [3.63, 3.8) is 0 Å². The topological polar surface area (TPSA) is 77.9 Å². The maximum absolute atomic E-state index is 12.5. The summed E-state index contributed by atoms with van der Waals surface area (Å²) in [6, 6.07) is -0.0855. The van der Waals surface area contributed by atoms with Crippen LogP contribution in [0.4, 0.5) is 0 Å². The van der Waals surface area contributed by atoms with Crippen molar-refractivity contribution in [1.82, 2.24) is 8.61 Å². The molecule has 0 amide bonds. The van der Waals surface area contributed by atoms with Gasteiger partial charge in [0, 0.05) is 26.2 Å². The number of carboxylic acid groups (broad SMARTS) is 1. The Bertz CT molecular complexity index is 427. The molecule has 1 N–H and O–H groups in total. The van der Waals surface area contributed by atoms with Crippen molar-refractivity contribution in [1.29, 1.82) is 0 Å². The first-order chi connectivity index (χ1) is 9.30. The second kappa shape index (κ2) is 7.63. The van der Waals surface area contributed by atoms with E-state index in [9.17, 15) is 13.2 Å². The van der Waals surface area contributed by atoms with Crippen LogP contribution in [0.3, 0.4) is 0 Å². The van der Waals surface area contributed by atoms with Gasteiger partial charge in [0.1, 0.15) is 0 Å². The van der Waals surface area contributed by atoms with E-state index in [1.165, 1.54) is 8.61 Å². The third-order valence-corrected chi connectivity index (χ3v) is 6.50. The van der Waals surface area contributed by atoms with Gasteiger partial charge in [-0.3, -0.25) is 4.79 Å². The molecule has 8 heteroatoms. The van der Waals surface area contributed by atoms with Gasteiger partial charge in [-0.1, -0.05) is 0 Å². The summed E-state index contributed by atoms with van der Waals surface area (Å²) >= 11 is 1.69. The van der Waals surface area contributed by atoms with Crippen LogP contribution < -0.4 is 0 Å². The summed E-state index contributed by atoms with van der Waals surface area (Å²) in [6.07, 6.45) is 3.92. The number of aliphatic carboxylic acids is 1. The summed E-state index contributed by atoms with van der Waals surface area (Å²) in [6.45, 7) is 2.37. The van der Waals surface area contributed by atoms with E-state index in [0.29, 0.717) is 19.4 Å². The summed E-state index contributed by atoms with van der Waals surface area (Å²) in [4.78, 5) is 11.0. The van der Waals surface area contributed by atoms with E-state index >= 15 is 0 Å². The predicted octanol–water partition coefficient (Wildman–Crippen LogP) is 1.10. The fourth-order valence-corrected chi connectivity index (χ4v) is 4.46. The molecular formula is C12H24N2O4S2. The Balaban J connectivity index is 2.74. The average molecular weight is 324 g/mol. The van der Waals surface area contributed by atoms with Crippen molar-refractivity contribution < 1.29 is 18.3 Å². The number of piperidine rings is 1. The van der Waals surface area contributed by atoms with E-state index in [4.69, 9.17) is 5.11 Å². The highest BCUT2D eigenvalue weighted by Crippen LogP contribution is 2.22. The van der Waals surface area contributed by atoms with Crippen LogP contribution in [-0.2, 0) is 15.0 Å². The predicted molar refractivity (Wildman–Crippen MR) is 81.1 cm³/mol. The van der Waals surface area contributed by atoms with Crippen molar-refractivity contribution in [2.75, 3.05) is 32.1 Å². The quantitative estimate of drug-likeness (QED) is 0.759. The van der Waals surface area contributed by atoms with E-state index in [1.807, 2.05) is 13.2 Å². The molecule has 2 unspecified atom stereocenters. The normalized spacial score (nSPS) is 22.9. The van der Waals surface area contributed by atoms with Gasteiger partial charge in [-0.2, -0.15) is 28.8 Å². The van der Waals surface area contributed by atoms with E-state index in [0.717, 1.165) is 12.2 Å². The molecule has 1 heterocycles. The first kappa shape index (κ1) is 17.7. The highest BCUT2D eigenvalue weighted by molar-refractivity contribution is 7.98. The smallest absolute Gasteiger partial charge is 0.307 e. The summed E-state index contributed by atoms with van der Waals surface area (Å²) < 4.78 is 27.7. The van der Waals surface area contributed by atoms with Gasteiger partial charge in [-0.05, 0) is 38.2 Å². The zero-order valence-electron chi connectivity index (χ0n) is 12.3. The summed E-state index contributed by atoms with van der Waals surface area (Å²) in [5, 5.41) is 9.05. The second-order valence-electron chi connectivity index (χ2n) is 5.19. The summed E-state index contributed by atoms with van der Waals surface area (Å²) in [7, 11) is -1.99. The number of hydrogen-bond acceptors (Lipinski definition) is 4. The summed E-state index contributed by atoms with van der Waals surface area (Å²) in [5.41, 5.74) is 0. The first-order valence-electron chi connectivity index (χ1n) is 6.75. The van der Waals surface area contributed by atoms with Crippen molar-refractivity contribution in [2.24, 2.45) is 5.92 Å². The minimum absolute atomic E-state index is 0.0806. The van der Waals surface area contributed by atoms with Gasteiger partial charge >= 0.3 is 5.97 Å². The molecule has 0 aromatic rings. The van der Waals surface area contributed by atoms with Gasteiger partial charge < -0.3 is 5.11 Å². The van der Waals surface area contributed by atoms with Crippen LogP contribution in [0.25, 0.3) is 0 Å². The first-order valence-corrected chi connectivity index (χ1v) is 9.54. The van der Waals surface area contributed by atoms with E-state index in [1.54, 1.807) is 18.8 Å². The fraction of sp³-hybridized carbons (Fsp3) is 0.917. The van der Waals surface area contributed by atoms with Crippen LogP contribution in [0.15, 0.2) is 0 Å². The Morgan fingerprint density at radius 2 is 2.20 bits per heavy atom. The average Bonchev–Trinajstić information content (AvgIpc) is 2.43. The lowest BCUT2D eigenvalue weighted by Crippen LogP contribution is -2.50. The van der Waals surface area contributed by atoms with Crippen LogP contribution in [-0.4, -0.2) is 66.3 Å². The lowest BCUT2D eigenvalue weighted by atomic mass is 10.0. The van der Waals surface area contributed by atoms with Crippen molar-refractivity contribution in [3.05, 3.63) is 0 Å². The Morgan fingerprint density at radius 1 is 1.55 bits per heavy atom. The van der Waals surface area contributed by atoms with Gasteiger partial charge in [0.2, 0.25) is 0 Å². The van der Waals surface area contributed by atoms with Crippen molar-refractivity contribution >= 4 is 27.9 Å². The molecule has 1 fully saturated rings. The minimum Gasteiger partial charge on any atom is -0.481 e. The molecule has 118 valence electrons. The third kappa shape index (κ3) is 4.34. The van der Waals surface area contributed by atoms with Crippen LogP contribution >= 0.6 is 11.8 Å². The standard InChI is InChI=1S/C12H24N2O4S2/c1-10(6-8-19-3)13(2)20(17,18)14-7-4-5-11(9-14)12(15)16/h10-11H,4-9H2,1-3H3,(H,15,16). The minimum atomic E-state index is -3.56. The molecule has 0 aromatic carbocycles. The number of rotatable bonds is 7. The molecule has 2 atom stereocenters. The zero-order valence-corrected chi connectivity index (χ0v) is 13.9. The van der Waals surface area contributed by atoms with E-state index in [-0.39, 0.29) is 12.6 Å². The van der Waals surface area contributed by atoms with Gasteiger partial charge in [0.25, 0.3) is 10.2 Å². The summed E-state index contributed by atoms with van der Waals surface area (Å²) in [5.74, 6) is -0.602. The lowest BCUT2D eigenvalue weighted by molar-refractivity contribution is -0.142. The Labute approximate surface area is 125 Å². The highest BCUT2D eigenvalue weighted by Gasteiger charge is 2.35. The van der Waals surface area contributed by atoms with E-state index < -0.39 is 22.1 Å². The molecule has 0 radical (unpaired) electrons. The van der Waals surface area contributed by atoms with Crippen LogP contribution in [0.1, 0.15) is 26.2 Å².